The molecule has 4 aromatic rings. The quantitative estimate of drug-likeness (QED) is 0.287. The van der Waals surface area contributed by atoms with Gasteiger partial charge in [-0.3, -0.25) is 9.78 Å². The molecule has 1 saturated heterocycles. The van der Waals surface area contributed by atoms with Gasteiger partial charge in [0.1, 0.15) is 5.65 Å². The van der Waals surface area contributed by atoms with Crippen molar-refractivity contribution in [2.45, 2.75) is 39.3 Å². The number of hydrogen-bond donors (Lipinski definition) is 2. The number of methoxy groups -OCH3 is 1. The number of carbonyl (C=O) groups excluding carboxylic acids is 2. The van der Waals surface area contributed by atoms with Gasteiger partial charge in [-0.2, -0.15) is 0 Å². The molecule has 1 amide bonds. The molecule has 0 spiro atoms. The minimum atomic E-state index is -0.524. The van der Waals surface area contributed by atoms with Crippen LogP contribution in [0.15, 0.2) is 60.8 Å². The Morgan fingerprint density at radius 3 is 2.74 bits per heavy atom. The highest BCUT2D eigenvalue weighted by Crippen LogP contribution is 2.34. The summed E-state index contributed by atoms with van der Waals surface area (Å²) in [5.41, 5.74) is 5.13. The number of carbonyl (C=O) groups is 2. The van der Waals surface area contributed by atoms with E-state index >= 15 is 0 Å². The number of esters is 1. The standard InChI is InChI=1S/C30H33N5O4/c1-20-8-6-12-23(33-20)17-31-24-16-25-26(34-29(36)22-13-15-39-19-22)27(30(37)38-2)35(28(25)32-18-24)14-7-11-21-9-4-3-5-10-21/h3-6,8-10,12,16,18,22,31H,7,11,13-15,17,19H2,1-2H3,(H,34,36). The van der Waals surface area contributed by atoms with Crippen molar-refractivity contribution in [2.24, 2.45) is 5.92 Å². The van der Waals surface area contributed by atoms with Crippen LogP contribution in [0.4, 0.5) is 11.4 Å². The number of ether oxygens (including phenoxy) is 2. The van der Waals surface area contributed by atoms with Gasteiger partial charge in [-0.05, 0) is 49.9 Å². The molecule has 0 saturated carbocycles. The summed E-state index contributed by atoms with van der Waals surface area (Å²) >= 11 is 0. The molecule has 1 fully saturated rings. The second kappa shape index (κ2) is 12.1. The van der Waals surface area contributed by atoms with Gasteiger partial charge in [0.25, 0.3) is 0 Å². The third-order valence-electron chi connectivity index (χ3n) is 6.94. The maximum Gasteiger partial charge on any atom is 0.356 e. The Hall–Kier alpha value is -4.24. The van der Waals surface area contributed by atoms with E-state index in [-0.39, 0.29) is 17.5 Å². The lowest BCUT2D eigenvalue weighted by atomic mass is 10.1. The van der Waals surface area contributed by atoms with Crippen molar-refractivity contribution in [3.8, 4) is 0 Å². The van der Waals surface area contributed by atoms with Gasteiger partial charge in [0, 0.05) is 24.2 Å². The lowest BCUT2D eigenvalue weighted by Gasteiger charge is -2.12. The number of rotatable bonds is 10. The number of fused-ring (bicyclic) bond motifs is 1. The fourth-order valence-electron chi connectivity index (χ4n) is 4.92. The van der Waals surface area contributed by atoms with E-state index in [1.165, 1.54) is 12.7 Å². The predicted molar refractivity (Wildman–Crippen MR) is 150 cm³/mol. The summed E-state index contributed by atoms with van der Waals surface area (Å²) in [5, 5.41) is 7.07. The third kappa shape index (κ3) is 6.09. The fraction of sp³-hybridized carbons (Fsp3) is 0.333. The van der Waals surface area contributed by atoms with Crippen LogP contribution < -0.4 is 10.6 Å². The first kappa shape index (κ1) is 26.4. The molecule has 2 N–H and O–H groups in total. The van der Waals surface area contributed by atoms with Crippen LogP contribution in [0.2, 0.25) is 0 Å². The summed E-state index contributed by atoms with van der Waals surface area (Å²) in [7, 11) is 1.35. The molecule has 1 aliphatic heterocycles. The van der Waals surface area contributed by atoms with Crippen LogP contribution in [-0.2, 0) is 33.8 Å². The van der Waals surface area contributed by atoms with Gasteiger partial charge in [0.2, 0.25) is 5.91 Å². The molecule has 1 aromatic carbocycles. The maximum absolute atomic E-state index is 13.2. The Balaban J connectivity index is 1.50. The molecule has 0 radical (unpaired) electrons. The van der Waals surface area contributed by atoms with E-state index in [2.05, 4.69) is 27.8 Å². The number of nitrogens with one attached hydrogen (secondary N) is 2. The molecule has 1 unspecified atom stereocenters. The van der Waals surface area contributed by atoms with Gasteiger partial charge in [0.05, 0.1) is 49.4 Å². The second-order valence-corrected chi connectivity index (χ2v) is 9.72. The zero-order valence-electron chi connectivity index (χ0n) is 22.3. The molecule has 0 bridgehead atoms. The third-order valence-corrected chi connectivity index (χ3v) is 6.94. The zero-order chi connectivity index (χ0) is 27.2. The number of amides is 1. The normalized spacial score (nSPS) is 14.9. The van der Waals surface area contributed by atoms with Crippen LogP contribution in [0.5, 0.6) is 0 Å². The summed E-state index contributed by atoms with van der Waals surface area (Å²) < 4.78 is 12.5. The minimum Gasteiger partial charge on any atom is -0.464 e. The van der Waals surface area contributed by atoms with Crippen molar-refractivity contribution < 1.29 is 19.1 Å². The number of hydrogen-bond acceptors (Lipinski definition) is 7. The van der Waals surface area contributed by atoms with Gasteiger partial charge in [-0.1, -0.05) is 36.4 Å². The molecule has 3 aromatic heterocycles. The fourth-order valence-corrected chi connectivity index (χ4v) is 4.92. The Kier molecular flexibility index (Phi) is 8.17. The van der Waals surface area contributed by atoms with Gasteiger partial charge >= 0.3 is 5.97 Å². The lowest BCUT2D eigenvalue weighted by Crippen LogP contribution is -2.24. The monoisotopic (exact) mass is 527 g/mol. The van der Waals surface area contributed by atoms with E-state index < -0.39 is 5.97 Å². The van der Waals surface area contributed by atoms with E-state index in [0.29, 0.717) is 49.4 Å². The van der Waals surface area contributed by atoms with Crippen molar-refractivity contribution in [3.05, 3.63) is 83.4 Å². The van der Waals surface area contributed by atoms with Crippen molar-refractivity contribution >= 4 is 34.3 Å². The average Bonchev–Trinajstić information content (AvgIpc) is 3.60. The Bertz CT molecular complexity index is 1460. The SMILES string of the molecule is COC(=O)c1c(NC(=O)C2CCOC2)c2cc(NCc3cccc(C)n3)cnc2n1CCCc1ccccc1. The molecule has 39 heavy (non-hydrogen) atoms. The number of benzene rings is 1. The van der Waals surface area contributed by atoms with Gasteiger partial charge in [0.15, 0.2) is 5.69 Å². The first-order chi connectivity index (χ1) is 19.0. The number of aryl methyl sites for hydroxylation is 3. The minimum absolute atomic E-state index is 0.177. The topological polar surface area (TPSA) is 107 Å². The van der Waals surface area contributed by atoms with E-state index in [1.54, 1.807) is 6.20 Å². The lowest BCUT2D eigenvalue weighted by molar-refractivity contribution is -0.119. The molecule has 4 heterocycles. The van der Waals surface area contributed by atoms with Crippen LogP contribution >= 0.6 is 0 Å². The highest BCUT2D eigenvalue weighted by atomic mass is 16.5. The summed E-state index contributed by atoms with van der Waals surface area (Å²) in [6.45, 7) is 3.91. The number of nitrogens with zero attached hydrogens (tertiary/aromatic N) is 3. The summed E-state index contributed by atoms with van der Waals surface area (Å²) in [5.74, 6) is -0.971. The molecule has 5 rings (SSSR count). The highest BCUT2D eigenvalue weighted by Gasteiger charge is 2.29. The molecular weight excluding hydrogens is 494 g/mol. The molecule has 1 atom stereocenters. The Morgan fingerprint density at radius 1 is 1.15 bits per heavy atom. The Labute approximate surface area is 227 Å². The van der Waals surface area contributed by atoms with Crippen LogP contribution in [-0.4, -0.2) is 46.7 Å². The van der Waals surface area contributed by atoms with Crippen molar-refractivity contribution in [3.63, 3.8) is 0 Å². The van der Waals surface area contributed by atoms with E-state index in [4.69, 9.17) is 14.5 Å². The van der Waals surface area contributed by atoms with Crippen molar-refractivity contribution in [2.75, 3.05) is 31.0 Å². The van der Waals surface area contributed by atoms with Crippen molar-refractivity contribution in [1.82, 2.24) is 14.5 Å². The smallest absolute Gasteiger partial charge is 0.356 e. The molecule has 1 aliphatic rings. The summed E-state index contributed by atoms with van der Waals surface area (Å²) in [4.78, 5) is 35.6. The summed E-state index contributed by atoms with van der Waals surface area (Å²) in [6.07, 6.45) is 4.00. The van der Waals surface area contributed by atoms with Crippen LogP contribution in [0, 0.1) is 12.8 Å². The van der Waals surface area contributed by atoms with E-state index in [0.717, 1.165) is 29.9 Å². The summed E-state index contributed by atoms with van der Waals surface area (Å²) in [6, 6.07) is 18.0. The van der Waals surface area contributed by atoms with E-state index in [1.807, 2.05) is 54.0 Å². The van der Waals surface area contributed by atoms with E-state index in [9.17, 15) is 9.59 Å². The van der Waals surface area contributed by atoms with Gasteiger partial charge in [-0.15, -0.1) is 0 Å². The molecule has 0 aliphatic carbocycles. The van der Waals surface area contributed by atoms with Crippen LogP contribution in [0.25, 0.3) is 11.0 Å². The largest absolute Gasteiger partial charge is 0.464 e. The van der Waals surface area contributed by atoms with Crippen LogP contribution in [0.1, 0.15) is 40.3 Å². The van der Waals surface area contributed by atoms with Crippen molar-refractivity contribution in [1.29, 1.82) is 0 Å². The van der Waals surface area contributed by atoms with Crippen LogP contribution in [0.3, 0.4) is 0 Å². The molecular formula is C30H33N5O4. The maximum atomic E-state index is 13.2. The Morgan fingerprint density at radius 2 is 2.00 bits per heavy atom. The van der Waals surface area contributed by atoms with Gasteiger partial charge in [-0.25, -0.2) is 9.78 Å². The first-order valence-corrected chi connectivity index (χ1v) is 13.2. The second-order valence-electron chi connectivity index (χ2n) is 9.72. The average molecular weight is 528 g/mol. The molecule has 202 valence electrons. The number of aromatic nitrogens is 3. The molecule has 9 heteroatoms. The van der Waals surface area contributed by atoms with Gasteiger partial charge < -0.3 is 24.7 Å². The zero-order valence-corrected chi connectivity index (χ0v) is 22.3. The number of pyridine rings is 2. The highest BCUT2D eigenvalue weighted by molar-refractivity contribution is 6.11. The molecule has 9 nitrogen and oxygen atoms in total. The first-order valence-electron chi connectivity index (χ1n) is 13.2. The predicted octanol–water partition coefficient (Wildman–Crippen LogP) is 4.75. The number of anilines is 2.